The van der Waals surface area contributed by atoms with Gasteiger partial charge in [0.05, 0.1) is 5.56 Å². The van der Waals surface area contributed by atoms with Gasteiger partial charge in [-0.3, -0.25) is 9.69 Å². The Morgan fingerprint density at radius 3 is 2.82 bits per heavy atom. The number of hydrogen-bond donors (Lipinski definition) is 1. The first-order chi connectivity index (χ1) is 10.6. The molecule has 3 heteroatoms. The second-order valence-electron chi connectivity index (χ2n) is 6.38. The summed E-state index contributed by atoms with van der Waals surface area (Å²) in [5.41, 5.74) is 6.20. The lowest BCUT2D eigenvalue weighted by atomic mass is 9.76. The van der Waals surface area contributed by atoms with Crippen molar-refractivity contribution < 1.29 is 9.90 Å². The van der Waals surface area contributed by atoms with E-state index < -0.39 is 0 Å². The van der Waals surface area contributed by atoms with E-state index in [0.717, 1.165) is 36.1 Å². The van der Waals surface area contributed by atoms with Gasteiger partial charge in [-0.25, -0.2) is 0 Å². The molecule has 0 saturated heterocycles. The second-order valence-corrected chi connectivity index (χ2v) is 6.38. The largest absolute Gasteiger partial charge is 0.507 e. The van der Waals surface area contributed by atoms with E-state index in [1.165, 1.54) is 18.1 Å². The number of likely N-dealkylation sites (N-methyl/N-ethyl adjacent to an activating group) is 1. The van der Waals surface area contributed by atoms with Crippen LogP contribution in [0.1, 0.15) is 40.0 Å². The number of phenols is 1. The van der Waals surface area contributed by atoms with Gasteiger partial charge < -0.3 is 5.11 Å². The Balaban J connectivity index is 2.03. The topological polar surface area (TPSA) is 40.5 Å². The number of rotatable bonds is 1. The highest BCUT2D eigenvalue weighted by Gasteiger charge is 2.34. The molecule has 0 radical (unpaired) electrons. The smallest absolute Gasteiger partial charge is 0.163 e. The first-order valence-electron chi connectivity index (χ1n) is 7.76. The fourth-order valence-corrected chi connectivity index (χ4v) is 3.97. The standard InChI is InChI=1S/C19H19NO2/c1-11(21)14-7-6-13-10-16-17-12(8-9-20(16)2)4-3-5-15(17)18(13)19(14)22/h3-7,16,22H,8-10H2,1-2H3/t16-/m1/s1. The predicted molar refractivity (Wildman–Crippen MR) is 86.3 cm³/mol. The highest BCUT2D eigenvalue weighted by Crippen LogP contribution is 2.48. The fourth-order valence-electron chi connectivity index (χ4n) is 3.97. The van der Waals surface area contributed by atoms with Gasteiger partial charge in [-0.15, -0.1) is 0 Å². The van der Waals surface area contributed by atoms with Gasteiger partial charge in [-0.1, -0.05) is 24.3 Å². The molecule has 0 spiro atoms. The Hall–Kier alpha value is -2.13. The molecule has 112 valence electrons. The number of hydrogen-bond acceptors (Lipinski definition) is 3. The number of fused-ring (bicyclic) bond motifs is 2. The van der Waals surface area contributed by atoms with Gasteiger partial charge in [0.1, 0.15) is 5.75 Å². The summed E-state index contributed by atoms with van der Waals surface area (Å²) >= 11 is 0. The van der Waals surface area contributed by atoms with E-state index in [1.54, 1.807) is 6.07 Å². The molecule has 3 nitrogen and oxygen atoms in total. The number of phenolic OH excluding ortho intramolecular Hbond substituents is 1. The molecule has 1 N–H and O–H groups in total. The number of ketones is 1. The number of nitrogens with zero attached hydrogens (tertiary/aromatic N) is 1. The van der Waals surface area contributed by atoms with E-state index in [0.29, 0.717) is 11.6 Å². The lowest BCUT2D eigenvalue weighted by molar-refractivity contribution is 0.101. The van der Waals surface area contributed by atoms with Crippen LogP contribution in [0, 0.1) is 0 Å². The quantitative estimate of drug-likeness (QED) is 0.820. The van der Waals surface area contributed by atoms with Crippen LogP contribution in [0.2, 0.25) is 0 Å². The molecule has 2 aromatic rings. The Bertz CT molecular complexity index is 794. The maximum absolute atomic E-state index is 11.7. The van der Waals surface area contributed by atoms with Gasteiger partial charge in [0.25, 0.3) is 0 Å². The van der Waals surface area contributed by atoms with Crippen molar-refractivity contribution in [2.24, 2.45) is 0 Å². The van der Waals surface area contributed by atoms with Crippen LogP contribution in [-0.2, 0) is 12.8 Å². The molecule has 1 atom stereocenters. The van der Waals surface area contributed by atoms with E-state index in [4.69, 9.17) is 0 Å². The van der Waals surface area contributed by atoms with Crippen molar-refractivity contribution in [3.05, 3.63) is 52.6 Å². The van der Waals surface area contributed by atoms with Crippen molar-refractivity contribution >= 4 is 5.78 Å². The van der Waals surface area contributed by atoms with Crippen LogP contribution in [0.4, 0.5) is 0 Å². The van der Waals surface area contributed by atoms with Gasteiger partial charge in [-0.05, 0) is 55.1 Å². The van der Waals surface area contributed by atoms with Crippen LogP contribution in [-0.4, -0.2) is 29.4 Å². The first-order valence-corrected chi connectivity index (χ1v) is 7.76. The van der Waals surface area contributed by atoms with Gasteiger partial charge in [0.2, 0.25) is 0 Å². The van der Waals surface area contributed by atoms with Crippen LogP contribution in [0.15, 0.2) is 30.3 Å². The zero-order valence-corrected chi connectivity index (χ0v) is 12.9. The summed E-state index contributed by atoms with van der Waals surface area (Å²) in [6.07, 6.45) is 1.93. The van der Waals surface area contributed by atoms with Crippen molar-refractivity contribution in [1.82, 2.24) is 4.90 Å². The SMILES string of the molecule is CC(=O)c1ccc2c(c1O)-c1cccc3c1[C@@H](C2)N(C)CC3. The molecule has 1 aliphatic carbocycles. The third-order valence-electron chi connectivity index (χ3n) is 5.12. The normalized spacial score (nSPS) is 19.5. The van der Waals surface area contributed by atoms with E-state index in [9.17, 15) is 9.90 Å². The second kappa shape index (κ2) is 4.68. The monoisotopic (exact) mass is 293 g/mol. The van der Waals surface area contributed by atoms with Crippen molar-refractivity contribution in [2.45, 2.75) is 25.8 Å². The van der Waals surface area contributed by atoms with Gasteiger partial charge in [0, 0.05) is 18.2 Å². The predicted octanol–water partition coefficient (Wildman–Crippen LogP) is 3.35. The number of Topliss-reactive ketones (excluding diaryl/α,β-unsaturated/α-hetero) is 1. The number of benzene rings is 2. The molecule has 0 unspecified atom stereocenters. The third kappa shape index (κ3) is 1.75. The minimum atomic E-state index is -0.0932. The average molecular weight is 293 g/mol. The molecular formula is C19H19NO2. The van der Waals surface area contributed by atoms with Crippen LogP contribution in [0.25, 0.3) is 11.1 Å². The maximum Gasteiger partial charge on any atom is 0.163 e. The number of carbonyl (C=O) groups is 1. The molecule has 4 rings (SSSR count). The van der Waals surface area contributed by atoms with E-state index >= 15 is 0 Å². The summed E-state index contributed by atoms with van der Waals surface area (Å²) in [7, 11) is 2.17. The van der Waals surface area contributed by atoms with Gasteiger partial charge >= 0.3 is 0 Å². The summed E-state index contributed by atoms with van der Waals surface area (Å²) in [5.74, 6) is 0.0504. The van der Waals surface area contributed by atoms with E-state index in [2.05, 4.69) is 30.1 Å². The highest BCUT2D eigenvalue weighted by atomic mass is 16.3. The maximum atomic E-state index is 11.7. The van der Waals surface area contributed by atoms with Gasteiger partial charge in [-0.2, -0.15) is 0 Å². The van der Waals surface area contributed by atoms with Crippen molar-refractivity contribution in [3.8, 4) is 16.9 Å². The molecule has 2 aliphatic rings. The molecule has 1 aliphatic heterocycles. The first kappa shape index (κ1) is 13.5. The van der Waals surface area contributed by atoms with Crippen LogP contribution >= 0.6 is 0 Å². The van der Waals surface area contributed by atoms with Crippen molar-refractivity contribution in [3.63, 3.8) is 0 Å². The molecule has 1 heterocycles. The van der Waals surface area contributed by atoms with E-state index in [1.807, 2.05) is 6.07 Å². The van der Waals surface area contributed by atoms with Crippen molar-refractivity contribution in [2.75, 3.05) is 13.6 Å². The zero-order chi connectivity index (χ0) is 15.4. The summed E-state index contributed by atoms with van der Waals surface area (Å²) < 4.78 is 0. The van der Waals surface area contributed by atoms with Crippen LogP contribution < -0.4 is 0 Å². The molecule has 0 amide bonds. The molecule has 0 fully saturated rings. The Morgan fingerprint density at radius 1 is 1.23 bits per heavy atom. The molecule has 0 bridgehead atoms. The van der Waals surface area contributed by atoms with Crippen molar-refractivity contribution in [1.29, 1.82) is 0 Å². The van der Waals surface area contributed by atoms with Crippen LogP contribution in [0.5, 0.6) is 5.75 Å². The minimum absolute atomic E-state index is 0.0932. The Labute approximate surface area is 130 Å². The zero-order valence-electron chi connectivity index (χ0n) is 12.9. The van der Waals surface area contributed by atoms with E-state index in [-0.39, 0.29) is 11.5 Å². The molecule has 22 heavy (non-hydrogen) atoms. The fraction of sp³-hybridized carbons (Fsp3) is 0.316. The van der Waals surface area contributed by atoms with Gasteiger partial charge in [0.15, 0.2) is 5.78 Å². The molecule has 2 aromatic carbocycles. The molecular weight excluding hydrogens is 274 g/mol. The Morgan fingerprint density at radius 2 is 2.05 bits per heavy atom. The Kier molecular flexibility index (Phi) is 2.88. The lowest BCUT2D eigenvalue weighted by Gasteiger charge is -2.40. The van der Waals surface area contributed by atoms with Crippen LogP contribution in [0.3, 0.4) is 0 Å². The lowest BCUT2D eigenvalue weighted by Crippen LogP contribution is -2.35. The number of carbonyl (C=O) groups excluding carboxylic acids is 1. The molecule has 0 saturated carbocycles. The third-order valence-corrected chi connectivity index (χ3v) is 5.12. The minimum Gasteiger partial charge on any atom is -0.507 e. The summed E-state index contributed by atoms with van der Waals surface area (Å²) in [4.78, 5) is 14.1. The average Bonchev–Trinajstić information content (AvgIpc) is 2.50. The summed E-state index contributed by atoms with van der Waals surface area (Å²) in [6.45, 7) is 2.56. The molecule has 0 aromatic heterocycles. The summed E-state index contributed by atoms with van der Waals surface area (Å²) in [5, 5.41) is 10.7. The highest BCUT2D eigenvalue weighted by molar-refractivity contribution is 6.00. The summed E-state index contributed by atoms with van der Waals surface area (Å²) in [6, 6.07) is 10.5. The number of aromatic hydroxyl groups is 1.